The zero-order chi connectivity index (χ0) is 13.0. The Morgan fingerprint density at radius 1 is 1.17 bits per heavy atom. The van der Waals surface area contributed by atoms with E-state index in [-0.39, 0.29) is 0 Å². The molecule has 0 aliphatic rings. The van der Waals surface area contributed by atoms with Crippen LogP contribution in [0, 0.1) is 0 Å². The summed E-state index contributed by atoms with van der Waals surface area (Å²) >= 11 is 0. The summed E-state index contributed by atoms with van der Waals surface area (Å²) in [7, 11) is 3.78. The quantitative estimate of drug-likeness (QED) is 0.829. The summed E-state index contributed by atoms with van der Waals surface area (Å²) in [6, 6.07) is 9.31. The highest BCUT2D eigenvalue weighted by molar-refractivity contribution is 5.39. The third-order valence-corrected chi connectivity index (χ3v) is 2.38. The predicted molar refractivity (Wildman–Crippen MR) is 71.5 cm³/mol. The van der Waals surface area contributed by atoms with Crippen LogP contribution in [0.25, 0.3) is 0 Å². The molecule has 0 atom stereocenters. The van der Waals surface area contributed by atoms with E-state index in [9.17, 15) is 0 Å². The van der Waals surface area contributed by atoms with Crippen LogP contribution in [0.2, 0.25) is 0 Å². The molecule has 0 aliphatic carbocycles. The van der Waals surface area contributed by atoms with Crippen LogP contribution < -0.4 is 15.4 Å². The van der Waals surface area contributed by atoms with Crippen molar-refractivity contribution in [1.29, 1.82) is 0 Å². The van der Waals surface area contributed by atoms with Crippen molar-refractivity contribution in [3.63, 3.8) is 0 Å². The van der Waals surface area contributed by atoms with Gasteiger partial charge < -0.3 is 15.4 Å². The monoisotopic (exact) mass is 244 g/mol. The standard InChI is InChI=1S/C13H16N4O/c1-17(2)13-15-8-7-12(16-13)18-9-10-3-5-11(14)6-4-10/h3-8H,9,14H2,1-2H3. The van der Waals surface area contributed by atoms with Crippen molar-refractivity contribution in [2.75, 3.05) is 24.7 Å². The molecule has 1 aromatic heterocycles. The second-order valence-corrected chi connectivity index (χ2v) is 4.12. The zero-order valence-electron chi connectivity index (χ0n) is 10.5. The van der Waals surface area contributed by atoms with Crippen LogP contribution in [0.4, 0.5) is 11.6 Å². The Morgan fingerprint density at radius 2 is 1.89 bits per heavy atom. The minimum Gasteiger partial charge on any atom is -0.473 e. The fraction of sp³-hybridized carbons (Fsp3) is 0.231. The number of nitrogen functional groups attached to an aromatic ring is 1. The Bertz CT molecular complexity index is 511. The van der Waals surface area contributed by atoms with Crippen molar-refractivity contribution in [2.24, 2.45) is 0 Å². The third-order valence-electron chi connectivity index (χ3n) is 2.38. The van der Waals surface area contributed by atoms with E-state index in [1.54, 1.807) is 12.3 Å². The first-order chi connectivity index (χ1) is 8.65. The Hall–Kier alpha value is -2.30. The van der Waals surface area contributed by atoms with Crippen LogP contribution in [0.5, 0.6) is 5.88 Å². The highest BCUT2D eigenvalue weighted by Crippen LogP contribution is 2.13. The molecule has 0 aliphatic heterocycles. The smallest absolute Gasteiger partial charge is 0.228 e. The van der Waals surface area contributed by atoms with E-state index in [4.69, 9.17) is 10.5 Å². The van der Waals surface area contributed by atoms with E-state index in [0.717, 1.165) is 11.3 Å². The fourth-order valence-electron chi connectivity index (χ4n) is 1.40. The van der Waals surface area contributed by atoms with Gasteiger partial charge in [-0.25, -0.2) is 4.98 Å². The largest absolute Gasteiger partial charge is 0.473 e. The van der Waals surface area contributed by atoms with Crippen molar-refractivity contribution >= 4 is 11.6 Å². The van der Waals surface area contributed by atoms with Gasteiger partial charge in [0.15, 0.2) is 0 Å². The van der Waals surface area contributed by atoms with Gasteiger partial charge in [-0.05, 0) is 17.7 Å². The molecular weight excluding hydrogens is 228 g/mol. The van der Waals surface area contributed by atoms with Gasteiger partial charge in [0.25, 0.3) is 0 Å². The average Bonchev–Trinajstić information content (AvgIpc) is 2.38. The Morgan fingerprint density at radius 3 is 2.56 bits per heavy atom. The van der Waals surface area contributed by atoms with Crippen molar-refractivity contribution < 1.29 is 4.74 Å². The molecule has 0 radical (unpaired) electrons. The lowest BCUT2D eigenvalue weighted by Crippen LogP contribution is -2.12. The predicted octanol–water partition coefficient (Wildman–Crippen LogP) is 1.70. The van der Waals surface area contributed by atoms with Gasteiger partial charge in [-0.1, -0.05) is 12.1 Å². The van der Waals surface area contributed by atoms with E-state index in [0.29, 0.717) is 18.4 Å². The molecule has 0 bridgehead atoms. The van der Waals surface area contributed by atoms with Gasteiger partial charge in [0.1, 0.15) is 6.61 Å². The topological polar surface area (TPSA) is 64.3 Å². The molecule has 2 rings (SSSR count). The van der Waals surface area contributed by atoms with Gasteiger partial charge in [-0.2, -0.15) is 4.98 Å². The first-order valence-corrected chi connectivity index (χ1v) is 5.63. The number of hydrogen-bond acceptors (Lipinski definition) is 5. The molecule has 0 saturated carbocycles. The number of anilines is 2. The van der Waals surface area contributed by atoms with Crippen molar-refractivity contribution in [1.82, 2.24) is 9.97 Å². The second kappa shape index (κ2) is 5.35. The zero-order valence-corrected chi connectivity index (χ0v) is 10.5. The number of hydrogen-bond donors (Lipinski definition) is 1. The van der Waals surface area contributed by atoms with E-state index in [1.807, 2.05) is 43.3 Å². The van der Waals surface area contributed by atoms with Crippen LogP contribution in [-0.4, -0.2) is 24.1 Å². The number of aromatic nitrogens is 2. The number of ether oxygens (including phenoxy) is 1. The molecule has 94 valence electrons. The van der Waals surface area contributed by atoms with Crippen LogP contribution in [0.15, 0.2) is 36.5 Å². The molecule has 18 heavy (non-hydrogen) atoms. The maximum atomic E-state index is 5.62. The third kappa shape index (κ3) is 3.10. The first-order valence-electron chi connectivity index (χ1n) is 5.63. The molecule has 0 amide bonds. The van der Waals surface area contributed by atoms with E-state index >= 15 is 0 Å². The molecule has 1 aromatic carbocycles. The Labute approximate surface area is 106 Å². The molecular formula is C13H16N4O. The number of benzene rings is 1. The van der Waals surface area contributed by atoms with Gasteiger partial charge in [0, 0.05) is 32.0 Å². The molecule has 5 heteroatoms. The molecule has 0 fully saturated rings. The maximum absolute atomic E-state index is 5.62. The number of nitrogens with zero attached hydrogens (tertiary/aromatic N) is 3. The van der Waals surface area contributed by atoms with E-state index in [2.05, 4.69) is 9.97 Å². The van der Waals surface area contributed by atoms with Gasteiger partial charge in [-0.15, -0.1) is 0 Å². The minimum absolute atomic E-state index is 0.462. The summed E-state index contributed by atoms with van der Waals surface area (Å²) in [6.45, 7) is 0.462. The summed E-state index contributed by atoms with van der Waals surface area (Å²) in [4.78, 5) is 10.2. The summed E-state index contributed by atoms with van der Waals surface area (Å²) < 4.78 is 5.60. The van der Waals surface area contributed by atoms with Crippen LogP contribution in [0.1, 0.15) is 5.56 Å². The maximum Gasteiger partial charge on any atom is 0.228 e. The average molecular weight is 244 g/mol. The van der Waals surface area contributed by atoms with Gasteiger partial charge >= 0.3 is 0 Å². The van der Waals surface area contributed by atoms with Gasteiger partial charge in [-0.3, -0.25) is 0 Å². The Balaban J connectivity index is 2.01. The number of nitrogens with two attached hydrogens (primary N) is 1. The van der Waals surface area contributed by atoms with Crippen molar-refractivity contribution in [2.45, 2.75) is 6.61 Å². The first kappa shape index (κ1) is 12.2. The lowest BCUT2D eigenvalue weighted by atomic mass is 10.2. The fourth-order valence-corrected chi connectivity index (χ4v) is 1.40. The Kier molecular flexibility index (Phi) is 3.62. The molecule has 0 saturated heterocycles. The molecule has 2 aromatic rings. The summed E-state index contributed by atoms with van der Waals surface area (Å²) in [5.41, 5.74) is 7.42. The van der Waals surface area contributed by atoms with E-state index in [1.165, 1.54) is 0 Å². The normalized spacial score (nSPS) is 10.1. The summed E-state index contributed by atoms with van der Waals surface area (Å²) in [5, 5.41) is 0. The highest BCUT2D eigenvalue weighted by atomic mass is 16.5. The summed E-state index contributed by atoms with van der Waals surface area (Å²) in [5.74, 6) is 1.19. The molecule has 1 heterocycles. The lowest BCUT2D eigenvalue weighted by molar-refractivity contribution is 0.293. The van der Waals surface area contributed by atoms with E-state index < -0.39 is 0 Å². The van der Waals surface area contributed by atoms with Crippen LogP contribution in [-0.2, 0) is 6.61 Å². The van der Waals surface area contributed by atoms with Gasteiger partial charge in [0.05, 0.1) is 0 Å². The minimum atomic E-state index is 0.462. The van der Waals surface area contributed by atoms with Gasteiger partial charge in [0.2, 0.25) is 11.8 Å². The molecule has 0 spiro atoms. The second-order valence-electron chi connectivity index (χ2n) is 4.12. The van der Waals surface area contributed by atoms with Crippen molar-refractivity contribution in [3.8, 4) is 5.88 Å². The van der Waals surface area contributed by atoms with Crippen LogP contribution in [0.3, 0.4) is 0 Å². The molecule has 2 N–H and O–H groups in total. The molecule has 0 unspecified atom stereocenters. The highest BCUT2D eigenvalue weighted by Gasteiger charge is 2.02. The molecule has 5 nitrogen and oxygen atoms in total. The summed E-state index contributed by atoms with van der Waals surface area (Å²) in [6.07, 6.45) is 1.68. The number of rotatable bonds is 4. The SMILES string of the molecule is CN(C)c1nccc(OCc2ccc(N)cc2)n1. The van der Waals surface area contributed by atoms with Crippen LogP contribution >= 0.6 is 0 Å². The lowest BCUT2D eigenvalue weighted by Gasteiger charge is -2.11. The van der Waals surface area contributed by atoms with Crippen molar-refractivity contribution in [3.05, 3.63) is 42.1 Å².